The summed E-state index contributed by atoms with van der Waals surface area (Å²) in [4.78, 5) is 12.2. The van der Waals surface area contributed by atoms with Gasteiger partial charge in [0.15, 0.2) is 11.5 Å². The SMILES string of the molecule is CC(=O)C1=C(C)OC(C)=C[C@@]12Nc1cc(C(C)(C)C)cc(Br)c1O2. The summed E-state index contributed by atoms with van der Waals surface area (Å²) < 4.78 is 12.8. The average Bonchev–Trinajstić information content (AvgIpc) is 2.74. The number of Topliss-reactive ketones (excluding diaryl/α,β-unsaturated/α-hetero) is 1. The number of hydrogen-bond donors (Lipinski definition) is 1. The third-order valence-electron chi connectivity index (χ3n) is 4.29. The second-order valence-electron chi connectivity index (χ2n) is 7.39. The van der Waals surface area contributed by atoms with Gasteiger partial charge in [-0.2, -0.15) is 0 Å². The van der Waals surface area contributed by atoms with Gasteiger partial charge in [-0.1, -0.05) is 20.8 Å². The van der Waals surface area contributed by atoms with Crippen molar-refractivity contribution in [1.82, 2.24) is 0 Å². The molecule has 4 nitrogen and oxygen atoms in total. The van der Waals surface area contributed by atoms with E-state index in [-0.39, 0.29) is 11.2 Å². The first-order valence-electron chi connectivity index (χ1n) is 7.94. The molecular formula is C19H22BrNO3. The fraction of sp³-hybridized carbons (Fsp3) is 0.421. The maximum atomic E-state index is 12.2. The van der Waals surface area contributed by atoms with E-state index in [0.717, 1.165) is 10.2 Å². The van der Waals surface area contributed by atoms with Crippen LogP contribution in [0, 0.1) is 0 Å². The molecule has 2 aliphatic rings. The molecule has 0 saturated carbocycles. The molecule has 1 aromatic rings. The standard InChI is InChI=1S/C19H22BrNO3/c1-10-9-19(16(11(2)22)12(3)23-10)21-15-8-13(18(4,5)6)7-14(20)17(15)24-19/h7-9,21H,1-6H3/t19-/m0/s1. The highest BCUT2D eigenvalue weighted by Gasteiger charge is 2.47. The summed E-state index contributed by atoms with van der Waals surface area (Å²) in [6.45, 7) is 11.7. The molecule has 0 aromatic heterocycles. The number of carbonyl (C=O) groups is 1. The average molecular weight is 392 g/mol. The van der Waals surface area contributed by atoms with Crippen LogP contribution in [0.15, 0.2) is 39.8 Å². The predicted molar refractivity (Wildman–Crippen MR) is 98.0 cm³/mol. The minimum absolute atomic E-state index is 0.00553. The summed E-state index contributed by atoms with van der Waals surface area (Å²) in [5.41, 5.74) is 1.53. The van der Waals surface area contributed by atoms with E-state index < -0.39 is 5.72 Å². The van der Waals surface area contributed by atoms with E-state index in [1.54, 1.807) is 6.92 Å². The molecule has 0 saturated heterocycles. The number of halogens is 1. The Bertz CT molecular complexity index is 802. The normalized spacial score (nSPS) is 22.5. The van der Waals surface area contributed by atoms with Gasteiger partial charge in [0.25, 0.3) is 0 Å². The topological polar surface area (TPSA) is 47.6 Å². The van der Waals surface area contributed by atoms with E-state index in [0.29, 0.717) is 22.8 Å². The zero-order valence-corrected chi connectivity index (χ0v) is 16.4. The molecule has 1 atom stereocenters. The summed E-state index contributed by atoms with van der Waals surface area (Å²) in [7, 11) is 0. The predicted octanol–water partition coefficient (Wildman–Crippen LogP) is 5.04. The molecule has 0 aliphatic carbocycles. The summed E-state index contributed by atoms with van der Waals surface area (Å²) in [6.07, 6.45) is 1.82. The van der Waals surface area contributed by atoms with Crippen LogP contribution in [0.3, 0.4) is 0 Å². The number of ketones is 1. The van der Waals surface area contributed by atoms with Gasteiger partial charge in [0.2, 0.25) is 5.72 Å². The van der Waals surface area contributed by atoms with Gasteiger partial charge in [0.1, 0.15) is 17.1 Å². The maximum absolute atomic E-state index is 12.2. The van der Waals surface area contributed by atoms with Crippen molar-refractivity contribution < 1.29 is 14.3 Å². The van der Waals surface area contributed by atoms with Gasteiger partial charge in [-0.05, 0) is 59.8 Å². The first-order chi connectivity index (χ1) is 11.0. The van der Waals surface area contributed by atoms with Gasteiger partial charge in [-0.25, -0.2) is 0 Å². The van der Waals surface area contributed by atoms with Crippen molar-refractivity contribution in [3.63, 3.8) is 0 Å². The lowest BCUT2D eigenvalue weighted by molar-refractivity contribution is -0.115. The molecule has 0 fully saturated rings. The van der Waals surface area contributed by atoms with Gasteiger partial charge in [-0.3, -0.25) is 4.79 Å². The smallest absolute Gasteiger partial charge is 0.237 e. The molecule has 24 heavy (non-hydrogen) atoms. The number of fused-ring (bicyclic) bond motifs is 1. The number of ether oxygens (including phenoxy) is 2. The number of hydrogen-bond acceptors (Lipinski definition) is 4. The Morgan fingerprint density at radius 2 is 1.92 bits per heavy atom. The Labute approximate surface area is 151 Å². The maximum Gasteiger partial charge on any atom is 0.237 e. The van der Waals surface area contributed by atoms with Crippen LogP contribution >= 0.6 is 15.9 Å². The van der Waals surface area contributed by atoms with E-state index >= 15 is 0 Å². The number of rotatable bonds is 1. The van der Waals surface area contributed by atoms with E-state index in [9.17, 15) is 4.79 Å². The fourth-order valence-electron chi connectivity index (χ4n) is 3.24. The molecule has 1 N–H and O–H groups in total. The Hall–Kier alpha value is -1.75. The third kappa shape index (κ3) is 2.65. The van der Waals surface area contributed by atoms with Crippen molar-refractivity contribution in [3.8, 4) is 5.75 Å². The van der Waals surface area contributed by atoms with E-state index in [2.05, 4.69) is 54.2 Å². The minimum Gasteiger partial charge on any atom is -0.466 e. The second kappa shape index (κ2) is 5.38. The van der Waals surface area contributed by atoms with Crippen molar-refractivity contribution >= 4 is 27.4 Å². The summed E-state index contributed by atoms with van der Waals surface area (Å²) >= 11 is 3.61. The first-order valence-corrected chi connectivity index (χ1v) is 8.73. The van der Waals surface area contributed by atoms with Crippen LogP contribution in [-0.4, -0.2) is 11.5 Å². The molecule has 0 radical (unpaired) electrons. The lowest BCUT2D eigenvalue weighted by atomic mass is 9.87. The zero-order valence-electron chi connectivity index (χ0n) is 14.8. The number of anilines is 1. The molecule has 1 aromatic carbocycles. The molecule has 0 amide bonds. The van der Waals surface area contributed by atoms with E-state index in [4.69, 9.17) is 9.47 Å². The molecule has 128 valence electrons. The van der Waals surface area contributed by atoms with Gasteiger partial charge < -0.3 is 14.8 Å². The van der Waals surface area contributed by atoms with Crippen molar-refractivity contribution in [2.75, 3.05) is 5.32 Å². The van der Waals surface area contributed by atoms with Crippen molar-refractivity contribution in [3.05, 3.63) is 45.3 Å². The molecular weight excluding hydrogens is 370 g/mol. The van der Waals surface area contributed by atoms with Crippen LogP contribution in [0.2, 0.25) is 0 Å². The quantitative estimate of drug-likeness (QED) is 0.727. The van der Waals surface area contributed by atoms with Crippen molar-refractivity contribution in [2.24, 2.45) is 0 Å². The molecule has 3 rings (SSSR count). The highest BCUT2D eigenvalue weighted by atomic mass is 79.9. The molecule has 2 aliphatic heterocycles. The second-order valence-corrected chi connectivity index (χ2v) is 8.25. The highest BCUT2D eigenvalue weighted by Crippen LogP contribution is 2.49. The fourth-order valence-corrected chi connectivity index (χ4v) is 3.78. The largest absolute Gasteiger partial charge is 0.466 e. The van der Waals surface area contributed by atoms with Gasteiger partial charge in [0.05, 0.1) is 10.2 Å². The molecule has 0 unspecified atom stereocenters. The number of benzene rings is 1. The van der Waals surface area contributed by atoms with E-state index in [1.807, 2.05) is 13.0 Å². The summed E-state index contributed by atoms with van der Waals surface area (Å²) in [5.74, 6) is 1.89. The van der Waals surface area contributed by atoms with Crippen LogP contribution < -0.4 is 10.1 Å². The van der Waals surface area contributed by atoms with Crippen LogP contribution in [0.25, 0.3) is 0 Å². The Morgan fingerprint density at radius 1 is 1.25 bits per heavy atom. The van der Waals surface area contributed by atoms with Crippen LogP contribution in [-0.2, 0) is 14.9 Å². The molecule has 2 heterocycles. The number of carbonyl (C=O) groups excluding carboxylic acids is 1. The first kappa shape index (κ1) is 17.1. The van der Waals surface area contributed by atoms with Crippen LogP contribution in [0.4, 0.5) is 5.69 Å². The van der Waals surface area contributed by atoms with Gasteiger partial charge in [-0.15, -0.1) is 0 Å². The van der Waals surface area contributed by atoms with E-state index in [1.165, 1.54) is 12.5 Å². The zero-order chi connectivity index (χ0) is 17.9. The lowest BCUT2D eigenvalue weighted by Crippen LogP contribution is -2.45. The summed E-state index contributed by atoms with van der Waals surface area (Å²) in [6, 6.07) is 4.15. The van der Waals surface area contributed by atoms with Crippen molar-refractivity contribution in [2.45, 2.75) is 52.7 Å². The van der Waals surface area contributed by atoms with Gasteiger partial charge >= 0.3 is 0 Å². The Balaban J connectivity index is 2.14. The molecule has 1 spiro atoms. The Morgan fingerprint density at radius 3 is 2.50 bits per heavy atom. The Kier molecular flexibility index (Phi) is 3.83. The lowest BCUT2D eigenvalue weighted by Gasteiger charge is -2.32. The number of allylic oxidation sites excluding steroid dienone is 2. The minimum atomic E-state index is -1.01. The molecule has 0 bridgehead atoms. The third-order valence-corrected chi connectivity index (χ3v) is 4.88. The number of nitrogens with one attached hydrogen (secondary N) is 1. The van der Waals surface area contributed by atoms with Gasteiger partial charge in [0, 0.05) is 6.08 Å². The highest BCUT2D eigenvalue weighted by molar-refractivity contribution is 9.10. The van der Waals surface area contributed by atoms with Crippen LogP contribution in [0.1, 0.15) is 47.1 Å². The van der Waals surface area contributed by atoms with Crippen LogP contribution in [0.5, 0.6) is 5.75 Å². The molecule has 5 heteroatoms. The van der Waals surface area contributed by atoms with Crippen molar-refractivity contribution in [1.29, 1.82) is 0 Å². The summed E-state index contributed by atoms with van der Waals surface area (Å²) in [5, 5.41) is 3.41. The monoisotopic (exact) mass is 391 g/mol.